The van der Waals surface area contributed by atoms with Gasteiger partial charge in [0.2, 0.25) is 0 Å². The first kappa shape index (κ1) is 26.4. The smallest absolute Gasteiger partial charge is 0.0227 e. The van der Waals surface area contributed by atoms with E-state index in [1.807, 2.05) is 19.9 Å². The van der Waals surface area contributed by atoms with Crippen LogP contribution >= 0.6 is 0 Å². The molecule has 0 nitrogen and oxygen atoms in total. The molecule has 0 heterocycles. The van der Waals surface area contributed by atoms with Crippen molar-refractivity contribution in [3.63, 3.8) is 0 Å². The molecule has 0 spiro atoms. The molecule has 26 heavy (non-hydrogen) atoms. The van der Waals surface area contributed by atoms with Crippen molar-refractivity contribution < 1.29 is 0 Å². The van der Waals surface area contributed by atoms with Gasteiger partial charge in [0.05, 0.1) is 0 Å². The van der Waals surface area contributed by atoms with E-state index in [9.17, 15) is 0 Å². The van der Waals surface area contributed by atoms with Gasteiger partial charge in [-0.15, -0.1) is 0 Å². The van der Waals surface area contributed by atoms with E-state index in [-0.39, 0.29) is 0 Å². The van der Waals surface area contributed by atoms with Gasteiger partial charge >= 0.3 is 0 Å². The molecule has 0 N–H and O–H groups in total. The van der Waals surface area contributed by atoms with E-state index < -0.39 is 0 Å². The summed E-state index contributed by atoms with van der Waals surface area (Å²) in [5.74, 6) is 0. The van der Waals surface area contributed by atoms with E-state index in [2.05, 4.69) is 91.5 Å². The number of unbranched alkanes of at least 4 members (excludes halogenated alkanes) is 1. The zero-order chi connectivity index (χ0) is 20.5. The van der Waals surface area contributed by atoms with Crippen molar-refractivity contribution in [1.82, 2.24) is 0 Å². The fraction of sp³-hybridized carbons (Fsp3) is 0.462. The molecule has 0 amide bonds. The Balaban J connectivity index is 0. The molecule has 0 radical (unpaired) electrons. The lowest BCUT2D eigenvalue weighted by Crippen LogP contribution is -1.87. The molecule has 146 valence electrons. The van der Waals surface area contributed by atoms with Crippen LogP contribution in [0.3, 0.4) is 0 Å². The third-order valence-electron chi connectivity index (χ3n) is 4.30. The molecule has 0 fully saturated rings. The third kappa shape index (κ3) is 10.9. The van der Waals surface area contributed by atoms with Gasteiger partial charge in [0, 0.05) is 0 Å². The standard InChI is InChI=1S/C20H26.C4H10.C2H6/c1-7-9-15(3)18(6)16(4)14-17(5)20-12-10-19(8-2)11-13-20;1-3-4-2;1-2/h7,9-14H,1,8H2,2-6H3;3-4H2,1-2H3;1-2H3/b15-9-,17-14+,18-16+;;. The number of hydrogen-bond donors (Lipinski definition) is 0. The second-order valence-corrected chi connectivity index (χ2v) is 6.27. The van der Waals surface area contributed by atoms with Crippen molar-refractivity contribution in [1.29, 1.82) is 0 Å². The largest absolute Gasteiger partial charge is 0.0991 e. The highest BCUT2D eigenvalue weighted by molar-refractivity contribution is 5.67. The highest BCUT2D eigenvalue weighted by atomic mass is 14.1. The quantitative estimate of drug-likeness (QED) is 0.447. The van der Waals surface area contributed by atoms with Gasteiger partial charge in [0.25, 0.3) is 0 Å². The first-order valence-electron chi connectivity index (χ1n) is 10.2. The van der Waals surface area contributed by atoms with Crippen LogP contribution in [0.25, 0.3) is 5.57 Å². The predicted molar refractivity (Wildman–Crippen MR) is 124 cm³/mol. The van der Waals surface area contributed by atoms with Crippen LogP contribution in [0.1, 0.15) is 86.3 Å². The zero-order valence-electron chi connectivity index (χ0n) is 18.9. The van der Waals surface area contributed by atoms with Crippen molar-refractivity contribution in [2.45, 2.75) is 81.6 Å². The van der Waals surface area contributed by atoms with E-state index in [1.165, 1.54) is 46.3 Å². The minimum Gasteiger partial charge on any atom is -0.0991 e. The SMILES string of the molecule is C=C\C=C(C)/C(C)=C(C)/C=C(\C)c1ccc(CC)cc1.CC.CCCC. The summed E-state index contributed by atoms with van der Waals surface area (Å²) in [5, 5.41) is 0. The van der Waals surface area contributed by atoms with Crippen LogP contribution in [0, 0.1) is 0 Å². The maximum Gasteiger partial charge on any atom is -0.0227 e. The summed E-state index contributed by atoms with van der Waals surface area (Å²) in [5.41, 5.74) is 7.86. The van der Waals surface area contributed by atoms with Crippen LogP contribution in [-0.4, -0.2) is 0 Å². The molecule has 1 aromatic rings. The molecule has 0 bridgehead atoms. The highest BCUT2D eigenvalue weighted by Crippen LogP contribution is 2.21. The molecule has 0 aliphatic rings. The Morgan fingerprint density at radius 2 is 1.38 bits per heavy atom. The van der Waals surface area contributed by atoms with Crippen molar-refractivity contribution >= 4 is 5.57 Å². The van der Waals surface area contributed by atoms with Gasteiger partial charge in [-0.05, 0) is 67.5 Å². The average molecular weight is 355 g/mol. The first-order valence-corrected chi connectivity index (χ1v) is 10.2. The molecule has 0 aliphatic heterocycles. The maximum absolute atomic E-state index is 3.75. The van der Waals surface area contributed by atoms with Crippen LogP contribution in [0.15, 0.2) is 65.8 Å². The Bertz CT molecular complexity index is 575. The number of hydrogen-bond acceptors (Lipinski definition) is 0. The van der Waals surface area contributed by atoms with E-state index in [0.717, 1.165) is 6.42 Å². The topological polar surface area (TPSA) is 0 Å². The van der Waals surface area contributed by atoms with E-state index in [4.69, 9.17) is 0 Å². The van der Waals surface area contributed by atoms with Gasteiger partial charge < -0.3 is 0 Å². The van der Waals surface area contributed by atoms with Crippen LogP contribution in [0.2, 0.25) is 0 Å². The monoisotopic (exact) mass is 354 g/mol. The Kier molecular flexibility index (Phi) is 16.9. The predicted octanol–water partition coefficient (Wildman–Crippen LogP) is 8.95. The zero-order valence-corrected chi connectivity index (χ0v) is 18.9. The van der Waals surface area contributed by atoms with Crippen molar-refractivity contribution in [3.05, 3.63) is 76.9 Å². The van der Waals surface area contributed by atoms with Gasteiger partial charge in [-0.3, -0.25) is 0 Å². The summed E-state index contributed by atoms with van der Waals surface area (Å²) in [6, 6.07) is 8.84. The number of benzene rings is 1. The Morgan fingerprint density at radius 1 is 0.885 bits per heavy atom. The third-order valence-corrected chi connectivity index (χ3v) is 4.30. The van der Waals surface area contributed by atoms with Gasteiger partial charge in [0.1, 0.15) is 0 Å². The van der Waals surface area contributed by atoms with Crippen LogP contribution < -0.4 is 0 Å². The summed E-state index contributed by atoms with van der Waals surface area (Å²) in [6.07, 6.45) is 9.88. The van der Waals surface area contributed by atoms with Crippen LogP contribution in [-0.2, 0) is 6.42 Å². The molecule has 1 rings (SSSR count). The summed E-state index contributed by atoms with van der Waals surface area (Å²) < 4.78 is 0. The summed E-state index contributed by atoms with van der Waals surface area (Å²) in [6.45, 7) is 22.9. The maximum atomic E-state index is 3.75. The molecular weight excluding hydrogens is 312 g/mol. The fourth-order valence-electron chi connectivity index (χ4n) is 2.13. The van der Waals surface area contributed by atoms with E-state index in [0.29, 0.717) is 0 Å². The Morgan fingerprint density at radius 3 is 1.77 bits per heavy atom. The highest BCUT2D eigenvalue weighted by Gasteiger charge is 2.00. The second kappa shape index (κ2) is 16.6. The number of aryl methyl sites for hydroxylation is 1. The Labute approximate surface area is 164 Å². The molecule has 0 saturated heterocycles. The van der Waals surface area contributed by atoms with Crippen LogP contribution in [0.5, 0.6) is 0 Å². The molecule has 0 heteroatoms. The molecule has 0 saturated carbocycles. The summed E-state index contributed by atoms with van der Waals surface area (Å²) in [4.78, 5) is 0. The van der Waals surface area contributed by atoms with Crippen molar-refractivity contribution in [3.8, 4) is 0 Å². The summed E-state index contributed by atoms with van der Waals surface area (Å²) >= 11 is 0. The lowest BCUT2D eigenvalue weighted by molar-refractivity contribution is 0.886. The molecular formula is C26H42. The minimum absolute atomic E-state index is 1.09. The molecule has 0 aliphatic carbocycles. The molecule has 0 unspecified atom stereocenters. The molecule has 0 atom stereocenters. The Hall–Kier alpha value is -1.82. The molecule has 1 aromatic carbocycles. The second-order valence-electron chi connectivity index (χ2n) is 6.27. The van der Waals surface area contributed by atoms with Crippen molar-refractivity contribution in [2.24, 2.45) is 0 Å². The lowest BCUT2D eigenvalue weighted by Gasteiger charge is -2.07. The fourth-order valence-corrected chi connectivity index (χ4v) is 2.13. The average Bonchev–Trinajstić information content (AvgIpc) is 2.69. The summed E-state index contributed by atoms with van der Waals surface area (Å²) in [7, 11) is 0. The van der Waals surface area contributed by atoms with E-state index in [1.54, 1.807) is 0 Å². The number of allylic oxidation sites excluding steroid dienone is 7. The number of rotatable bonds is 6. The van der Waals surface area contributed by atoms with Gasteiger partial charge in [-0.2, -0.15) is 0 Å². The first-order chi connectivity index (χ1) is 12.4. The van der Waals surface area contributed by atoms with Crippen LogP contribution in [0.4, 0.5) is 0 Å². The minimum atomic E-state index is 1.09. The lowest BCUT2D eigenvalue weighted by atomic mass is 9.98. The van der Waals surface area contributed by atoms with Gasteiger partial charge in [-0.25, -0.2) is 0 Å². The normalized spacial score (nSPS) is 12.2. The van der Waals surface area contributed by atoms with Gasteiger partial charge in [0.15, 0.2) is 0 Å². The van der Waals surface area contributed by atoms with Crippen molar-refractivity contribution in [2.75, 3.05) is 0 Å². The van der Waals surface area contributed by atoms with E-state index >= 15 is 0 Å². The van der Waals surface area contributed by atoms with Gasteiger partial charge in [-0.1, -0.05) is 96.5 Å². The molecule has 0 aromatic heterocycles.